The van der Waals surface area contributed by atoms with E-state index in [1.54, 1.807) is 11.3 Å². The Kier molecular flexibility index (Phi) is 4.21. The smallest absolute Gasteiger partial charge is 0.0451 e. The zero-order valence-corrected chi connectivity index (χ0v) is 11.7. The molecule has 0 amide bonds. The van der Waals surface area contributed by atoms with E-state index in [9.17, 15) is 0 Å². The molecular weight excluding hydrogens is 250 g/mol. The zero-order chi connectivity index (χ0) is 12.3. The molecule has 0 spiro atoms. The van der Waals surface area contributed by atoms with Gasteiger partial charge in [0.05, 0.1) is 0 Å². The fourth-order valence-electron chi connectivity index (χ4n) is 1.74. The molecule has 0 saturated carbocycles. The second-order valence-electron chi connectivity index (χ2n) is 4.03. The zero-order valence-electron chi connectivity index (χ0n) is 10.1. The van der Waals surface area contributed by atoms with Crippen LogP contribution in [0.3, 0.4) is 0 Å². The van der Waals surface area contributed by atoms with Gasteiger partial charge in [-0.3, -0.25) is 0 Å². The highest BCUT2D eigenvalue weighted by molar-refractivity contribution is 7.10. The Bertz CT molecular complexity index is 505. The molecule has 0 aliphatic carbocycles. The van der Waals surface area contributed by atoms with Gasteiger partial charge >= 0.3 is 0 Å². The Morgan fingerprint density at radius 2 is 2.06 bits per heavy atom. The molecule has 1 N–H and O–H groups in total. The normalized spacial score (nSPS) is 10.8. The van der Waals surface area contributed by atoms with Gasteiger partial charge in [0.15, 0.2) is 0 Å². The van der Waals surface area contributed by atoms with E-state index >= 15 is 0 Å². The molecule has 1 aromatic carbocycles. The van der Waals surface area contributed by atoms with Crippen molar-refractivity contribution in [2.75, 3.05) is 6.54 Å². The van der Waals surface area contributed by atoms with Crippen molar-refractivity contribution in [2.45, 2.75) is 20.4 Å². The summed E-state index contributed by atoms with van der Waals surface area (Å²) in [4.78, 5) is 1.34. The minimum atomic E-state index is 0.826. The molecule has 90 valence electrons. The number of benzene rings is 1. The van der Waals surface area contributed by atoms with Crippen LogP contribution in [0.4, 0.5) is 0 Å². The second-order valence-corrected chi connectivity index (χ2v) is 5.56. The van der Waals surface area contributed by atoms with Crippen LogP contribution in [0, 0.1) is 6.92 Å². The lowest BCUT2D eigenvalue weighted by atomic mass is 10.1. The molecule has 3 heteroatoms. The van der Waals surface area contributed by atoms with Crippen LogP contribution in [0.15, 0.2) is 29.6 Å². The van der Waals surface area contributed by atoms with Crippen molar-refractivity contribution in [3.63, 3.8) is 0 Å². The predicted octanol–water partition coefficient (Wildman–Crippen LogP) is 4.49. The minimum Gasteiger partial charge on any atom is -0.313 e. The molecule has 0 fully saturated rings. The van der Waals surface area contributed by atoms with Crippen molar-refractivity contribution in [1.29, 1.82) is 0 Å². The number of hydrogen-bond donors (Lipinski definition) is 1. The summed E-state index contributed by atoms with van der Waals surface area (Å²) in [6, 6.07) is 8.45. The monoisotopic (exact) mass is 265 g/mol. The third-order valence-corrected chi connectivity index (χ3v) is 3.91. The third kappa shape index (κ3) is 3.09. The first kappa shape index (κ1) is 12.6. The molecule has 1 nitrogen and oxygen atoms in total. The molecule has 0 radical (unpaired) electrons. The molecule has 0 unspecified atom stereocenters. The summed E-state index contributed by atoms with van der Waals surface area (Å²) in [5.74, 6) is 0. The van der Waals surface area contributed by atoms with Crippen molar-refractivity contribution in [1.82, 2.24) is 5.32 Å². The lowest BCUT2D eigenvalue weighted by Crippen LogP contribution is -2.12. The maximum atomic E-state index is 6.19. The van der Waals surface area contributed by atoms with Gasteiger partial charge in [-0.1, -0.05) is 24.6 Å². The summed E-state index contributed by atoms with van der Waals surface area (Å²) >= 11 is 7.97. The molecule has 1 aromatic heterocycles. The molecule has 2 aromatic rings. The van der Waals surface area contributed by atoms with Crippen LogP contribution in [0.1, 0.15) is 17.4 Å². The van der Waals surface area contributed by atoms with Crippen LogP contribution in [0.25, 0.3) is 11.1 Å². The van der Waals surface area contributed by atoms with Crippen molar-refractivity contribution in [3.8, 4) is 11.1 Å². The molecule has 0 aliphatic rings. The second kappa shape index (κ2) is 5.67. The molecule has 17 heavy (non-hydrogen) atoms. The number of thiophene rings is 1. The Morgan fingerprint density at radius 1 is 1.24 bits per heavy atom. The lowest BCUT2D eigenvalue weighted by molar-refractivity contribution is 0.727. The fourth-order valence-corrected chi connectivity index (χ4v) is 2.64. The number of nitrogens with one attached hydrogen (secondary N) is 1. The van der Waals surface area contributed by atoms with E-state index in [1.807, 2.05) is 6.07 Å². The van der Waals surface area contributed by atoms with E-state index in [0.717, 1.165) is 23.7 Å². The van der Waals surface area contributed by atoms with E-state index in [0.29, 0.717) is 0 Å². The van der Waals surface area contributed by atoms with Crippen molar-refractivity contribution in [3.05, 3.63) is 45.1 Å². The van der Waals surface area contributed by atoms with E-state index in [2.05, 4.69) is 42.7 Å². The van der Waals surface area contributed by atoms with E-state index in [4.69, 9.17) is 11.6 Å². The van der Waals surface area contributed by atoms with Gasteiger partial charge in [0.1, 0.15) is 0 Å². The van der Waals surface area contributed by atoms with Gasteiger partial charge in [-0.15, -0.1) is 11.3 Å². The Morgan fingerprint density at radius 3 is 2.71 bits per heavy atom. The SMILES string of the molecule is CCNCc1cc(-c2csc(C)c2)ccc1Cl. The fraction of sp³-hybridized carbons (Fsp3) is 0.286. The first-order valence-electron chi connectivity index (χ1n) is 5.75. The summed E-state index contributed by atoms with van der Waals surface area (Å²) in [5, 5.41) is 6.33. The molecule has 1 heterocycles. The van der Waals surface area contributed by atoms with Crippen LogP contribution >= 0.6 is 22.9 Å². The maximum absolute atomic E-state index is 6.19. The summed E-state index contributed by atoms with van der Waals surface area (Å²) in [5.41, 5.74) is 3.68. The first-order valence-corrected chi connectivity index (χ1v) is 7.01. The third-order valence-electron chi connectivity index (χ3n) is 2.68. The number of halogens is 1. The topological polar surface area (TPSA) is 12.0 Å². The van der Waals surface area contributed by atoms with Gasteiger partial charge in [0, 0.05) is 16.4 Å². The average Bonchev–Trinajstić information content (AvgIpc) is 2.75. The Labute approximate surface area is 111 Å². The van der Waals surface area contributed by atoms with E-state index in [-0.39, 0.29) is 0 Å². The van der Waals surface area contributed by atoms with Crippen LogP contribution in [-0.2, 0) is 6.54 Å². The van der Waals surface area contributed by atoms with Crippen molar-refractivity contribution in [2.24, 2.45) is 0 Å². The average molecular weight is 266 g/mol. The van der Waals surface area contributed by atoms with E-state index < -0.39 is 0 Å². The summed E-state index contributed by atoms with van der Waals surface area (Å²) in [6.07, 6.45) is 0. The minimum absolute atomic E-state index is 0.826. The summed E-state index contributed by atoms with van der Waals surface area (Å²) in [7, 11) is 0. The molecule has 0 aliphatic heterocycles. The van der Waals surface area contributed by atoms with Crippen molar-refractivity contribution >= 4 is 22.9 Å². The molecule has 0 bridgehead atoms. The highest BCUT2D eigenvalue weighted by Gasteiger charge is 2.04. The largest absolute Gasteiger partial charge is 0.313 e. The first-order chi connectivity index (χ1) is 8.20. The van der Waals surface area contributed by atoms with E-state index in [1.165, 1.54) is 16.0 Å². The Hall–Kier alpha value is -0.830. The lowest BCUT2D eigenvalue weighted by Gasteiger charge is -2.07. The maximum Gasteiger partial charge on any atom is 0.0451 e. The van der Waals surface area contributed by atoms with Gasteiger partial charge in [0.25, 0.3) is 0 Å². The number of hydrogen-bond acceptors (Lipinski definition) is 2. The van der Waals surface area contributed by atoms with Crippen LogP contribution < -0.4 is 5.32 Å². The van der Waals surface area contributed by atoms with Crippen LogP contribution in [0.5, 0.6) is 0 Å². The molecule has 2 rings (SSSR count). The quantitative estimate of drug-likeness (QED) is 0.859. The predicted molar refractivity (Wildman–Crippen MR) is 76.9 cm³/mol. The molecular formula is C14H16ClNS. The van der Waals surface area contributed by atoms with Gasteiger partial charge in [-0.25, -0.2) is 0 Å². The van der Waals surface area contributed by atoms with Gasteiger partial charge < -0.3 is 5.32 Å². The number of rotatable bonds is 4. The van der Waals surface area contributed by atoms with Gasteiger partial charge in [-0.05, 0) is 53.7 Å². The van der Waals surface area contributed by atoms with Crippen LogP contribution in [0.2, 0.25) is 5.02 Å². The van der Waals surface area contributed by atoms with Crippen LogP contribution in [-0.4, -0.2) is 6.54 Å². The van der Waals surface area contributed by atoms with Crippen molar-refractivity contribution < 1.29 is 0 Å². The number of aryl methyl sites for hydroxylation is 1. The van der Waals surface area contributed by atoms with Gasteiger partial charge in [0.2, 0.25) is 0 Å². The summed E-state index contributed by atoms with van der Waals surface area (Å²) < 4.78 is 0. The summed E-state index contributed by atoms with van der Waals surface area (Å²) in [6.45, 7) is 6.01. The highest BCUT2D eigenvalue weighted by Crippen LogP contribution is 2.28. The molecule has 0 atom stereocenters. The standard InChI is InChI=1S/C14H16ClNS/c1-3-16-8-12-7-11(4-5-14(12)15)13-6-10(2)17-9-13/h4-7,9,16H,3,8H2,1-2H3. The molecule has 0 saturated heterocycles. The highest BCUT2D eigenvalue weighted by atomic mass is 35.5. The Balaban J connectivity index is 2.30. The van der Waals surface area contributed by atoms with Gasteiger partial charge in [-0.2, -0.15) is 0 Å².